The number of likely N-dealkylation sites (tertiary alicyclic amines) is 1. The van der Waals surface area contributed by atoms with Gasteiger partial charge in [-0.05, 0) is 32.4 Å². The normalized spacial score (nSPS) is 15.6. The Kier molecular flexibility index (Phi) is 5.52. The van der Waals surface area contributed by atoms with Crippen LogP contribution in [-0.2, 0) is 0 Å². The standard InChI is InChI=1S/C14H21F2N3O/c1-2-5-17-13-11(15)10-12(16)14(18-13)20-9-8-19-6-3-4-7-19/h10H,2-9H2,1H3,(H,17,18). The molecule has 2 heterocycles. The average molecular weight is 285 g/mol. The number of aromatic nitrogens is 1. The highest BCUT2D eigenvalue weighted by Gasteiger charge is 2.14. The Hall–Kier alpha value is -1.43. The van der Waals surface area contributed by atoms with Gasteiger partial charge in [-0.2, -0.15) is 4.98 Å². The van der Waals surface area contributed by atoms with Gasteiger partial charge in [-0.3, -0.25) is 4.90 Å². The van der Waals surface area contributed by atoms with Crippen LogP contribution >= 0.6 is 0 Å². The Labute approximate surface area is 118 Å². The van der Waals surface area contributed by atoms with E-state index in [1.54, 1.807) is 0 Å². The number of ether oxygens (including phenoxy) is 1. The number of nitrogens with zero attached hydrogens (tertiary/aromatic N) is 2. The molecule has 0 spiro atoms. The lowest BCUT2D eigenvalue weighted by Crippen LogP contribution is -2.25. The number of halogens is 2. The van der Waals surface area contributed by atoms with Crippen LogP contribution in [0.3, 0.4) is 0 Å². The van der Waals surface area contributed by atoms with Crippen molar-refractivity contribution in [2.24, 2.45) is 0 Å². The third kappa shape index (κ3) is 4.03. The lowest BCUT2D eigenvalue weighted by atomic mass is 10.4. The molecule has 0 aromatic carbocycles. The molecule has 112 valence electrons. The summed E-state index contributed by atoms with van der Waals surface area (Å²) >= 11 is 0. The average Bonchev–Trinajstić information content (AvgIpc) is 2.93. The van der Waals surface area contributed by atoms with Crippen LogP contribution in [0, 0.1) is 11.6 Å². The highest BCUT2D eigenvalue weighted by Crippen LogP contribution is 2.21. The number of anilines is 1. The summed E-state index contributed by atoms with van der Waals surface area (Å²) in [5.41, 5.74) is 0. The van der Waals surface area contributed by atoms with Gasteiger partial charge in [-0.25, -0.2) is 8.78 Å². The molecular weight excluding hydrogens is 264 g/mol. The maximum absolute atomic E-state index is 13.6. The highest BCUT2D eigenvalue weighted by atomic mass is 19.1. The van der Waals surface area contributed by atoms with Crippen LogP contribution in [0.15, 0.2) is 6.07 Å². The van der Waals surface area contributed by atoms with E-state index in [2.05, 4.69) is 15.2 Å². The van der Waals surface area contributed by atoms with Crippen LogP contribution in [-0.4, -0.2) is 42.7 Å². The molecule has 0 unspecified atom stereocenters. The number of nitrogens with one attached hydrogen (secondary N) is 1. The van der Waals surface area contributed by atoms with Crippen LogP contribution in [0.25, 0.3) is 0 Å². The summed E-state index contributed by atoms with van der Waals surface area (Å²) in [5.74, 6) is -1.54. The second-order valence-corrected chi connectivity index (χ2v) is 4.93. The van der Waals surface area contributed by atoms with Crippen LogP contribution < -0.4 is 10.1 Å². The molecule has 6 heteroatoms. The van der Waals surface area contributed by atoms with Crippen molar-refractivity contribution in [3.63, 3.8) is 0 Å². The molecule has 20 heavy (non-hydrogen) atoms. The van der Waals surface area contributed by atoms with E-state index in [0.717, 1.165) is 32.1 Å². The zero-order valence-corrected chi connectivity index (χ0v) is 11.8. The fourth-order valence-electron chi connectivity index (χ4n) is 2.20. The minimum atomic E-state index is -0.758. The Bertz CT molecular complexity index is 437. The number of rotatable bonds is 7. The molecule has 0 saturated carbocycles. The van der Waals surface area contributed by atoms with E-state index in [-0.39, 0.29) is 11.7 Å². The predicted molar refractivity (Wildman–Crippen MR) is 74.1 cm³/mol. The van der Waals surface area contributed by atoms with E-state index < -0.39 is 11.6 Å². The van der Waals surface area contributed by atoms with Gasteiger partial charge >= 0.3 is 0 Å². The SMILES string of the molecule is CCCNc1nc(OCCN2CCCC2)c(F)cc1F. The molecule has 1 N–H and O–H groups in total. The van der Waals surface area contributed by atoms with Gasteiger partial charge in [0, 0.05) is 19.2 Å². The minimum Gasteiger partial charge on any atom is -0.474 e. The van der Waals surface area contributed by atoms with E-state index in [9.17, 15) is 8.78 Å². The molecule has 1 aromatic rings. The van der Waals surface area contributed by atoms with Gasteiger partial charge in [0.2, 0.25) is 0 Å². The lowest BCUT2D eigenvalue weighted by molar-refractivity contribution is 0.224. The quantitative estimate of drug-likeness (QED) is 0.835. The molecule has 0 aliphatic carbocycles. The second-order valence-electron chi connectivity index (χ2n) is 4.93. The molecular formula is C14H21F2N3O. The zero-order chi connectivity index (χ0) is 14.4. The molecule has 0 atom stereocenters. The molecule has 1 saturated heterocycles. The number of pyridine rings is 1. The summed E-state index contributed by atoms with van der Waals surface area (Å²) in [6, 6.07) is 0.816. The largest absolute Gasteiger partial charge is 0.474 e. The molecule has 1 aromatic heterocycles. The van der Waals surface area contributed by atoms with E-state index in [1.807, 2.05) is 6.92 Å². The van der Waals surface area contributed by atoms with Crippen molar-refractivity contribution in [1.82, 2.24) is 9.88 Å². The topological polar surface area (TPSA) is 37.4 Å². The highest BCUT2D eigenvalue weighted by molar-refractivity contribution is 5.39. The first-order valence-corrected chi connectivity index (χ1v) is 7.15. The minimum absolute atomic E-state index is 0.0458. The fraction of sp³-hybridized carbons (Fsp3) is 0.643. The number of hydrogen-bond acceptors (Lipinski definition) is 4. The van der Waals surface area contributed by atoms with Crippen molar-refractivity contribution >= 4 is 5.82 Å². The van der Waals surface area contributed by atoms with Gasteiger partial charge in [0.25, 0.3) is 5.88 Å². The summed E-state index contributed by atoms with van der Waals surface area (Å²) in [7, 11) is 0. The van der Waals surface area contributed by atoms with Crippen molar-refractivity contribution in [2.75, 3.05) is 38.1 Å². The maximum atomic E-state index is 13.6. The first-order valence-electron chi connectivity index (χ1n) is 7.15. The molecule has 2 rings (SSSR count). The van der Waals surface area contributed by atoms with Crippen molar-refractivity contribution in [1.29, 1.82) is 0 Å². The lowest BCUT2D eigenvalue weighted by Gasteiger charge is -2.15. The molecule has 1 aliphatic rings. The van der Waals surface area contributed by atoms with Crippen molar-refractivity contribution in [2.45, 2.75) is 26.2 Å². The van der Waals surface area contributed by atoms with Crippen molar-refractivity contribution in [3.05, 3.63) is 17.7 Å². The molecule has 0 amide bonds. The van der Waals surface area contributed by atoms with Crippen LogP contribution in [0.2, 0.25) is 0 Å². The van der Waals surface area contributed by atoms with Crippen LogP contribution in [0.1, 0.15) is 26.2 Å². The van der Waals surface area contributed by atoms with Gasteiger partial charge < -0.3 is 10.1 Å². The Morgan fingerprint density at radius 1 is 1.30 bits per heavy atom. The van der Waals surface area contributed by atoms with E-state index >= 15 is 0 Å². The molecule has 0 bridgehead atoms. The van der Waals surface area contributed by atoms with E-state index in [0.29, 0.717) is 13.2 Å². The maximum Gasteiger partial charge on any atom is 0.252 e. The Morgan fingerprint density at radius 3 is 2.75 bits per heavy atom. The Morgan fingerprint density at radius 2 is 2.05 bits per heavy atom. The van der Waals surface area contributed by atoms with Gasteiger partial charge in [0.1, 0.15) is 6.61 Å². The predicted octanol–water partition coefficient (Wildman–Crippen LogP) is 2.66. The fourth-order valence-corrected chi connectivity index (χ4v) is 2.20. The first kappa shape index (κ1) is 15.0. The van der Waals surface area contributed by atoms with Crippen molar-refractivity contribution in [3.8, 4) is 5.88 Å². The van der Waals surface area contributed by atoms with Gasteiger partial charge in [-0.1, -0.05) is 6.92 Å². The van der Waals surface area contributed by atoms with E-state index in [1.165, 1.54) is 12.8 Å². The molecule has 1 aliphatic heterocycles. The number of hydrogen-bond donors (Lipinski definition) is 1. The van der Waals surface area contributed by atoms with Gasteiger partial charge in [0.15, 0.2) is 17.5 Å². The van der Waals surface area contributed by atoms with Crippen molar-refractivity contribution < 1.29 is 13.5 Å². The molecule has 4 nitrogen and oxygen atoms in total. The summed E-state index contributed by atoms with van der Waals surface area (Å²) in [6.45, 7) is 5.78. The third-order valence-corrected chi connectivity index (χ3v) is 3.28. The van der Waals surface area contributed by atoms with Gasteiger partial charge in [-0.15, -0.1) is 0 Å². The monoisotopic (exact) mass is 285 g/mol. The summed E-state index contributed by atoms with van der Waals surface area (Å²) in [5, 5.41) is 2.82. The first-order chi connectivity index (χ1) is 9.70. The smallest absolute Gasteiger partial charge is 0.252 e. The van der Waals surface area contributed by atoms with Crippen LogP contribution in [0.5, 0.6) is 5.88 Å². The molecule has 0 radical (unpaired) electrons. The van der Waals surface area contributed by atoms with E-state index in [4.69, 9.17) is 4.74 Å². The summed E-state index contributed by atoms with van der Waals surface area (Å²) in [4.78, 5) is 6.13. The molecule has 1 fully saturated rings. The van der Waals surface area contributed by atoms with Crippen LogP contribution in [0.4, 0.5) is 14.6 Å². The summed E-state index contributed by atoms with van der Waals surface area (Å²) in [6.07, 6.45) is 3.24. The third-order valence-electron chi connectivity index (χ3n) is 3.28. The summed E-state index contributed by atoms with van der Waals surface area (Å²) < 4.78 is 32.4. The second kappa shape index (κ2) is 7.38. The zero-order valence-electron chi connectivity index (χ0n) is 11.8. The Balaban J connectivity index is 1.91. The van der Waals surface area contributed by atoms with Gasteiger partial charge in [0.05, 0.1) is 0 Å².